The molecule has 1 N–H and O–H groups in total. The molecule has 4 nitrogen and oxygen atoms in total. The maximum Gasteiger partial charge on any atom is 0.134 e. The van der Waals surface area contributed by atoms with Gasteiger partial charge in [-0.05, 0) is 26.8 Å². The van der Waals surface area contributed by atoms with Gasteiger partial charge in [-0.2, -0.15) is 0 Å². The van der Waals surface area contributed by atoms with Gasteiger partial charge in [0.2, 0.25) is 0 Å². The number of ether oxygens (including phenoxy) is 1. The second-order valence-corrected chi connectivity index (χ2v) is 4.68. The van der Waals surface area contributed by atoms with Gasteiger partial charge in [-0.15, -0.1) is 10.2 Å². The predicted molar refractivity (Wildman–Crippen MR) is 66.8 cm³/mol. The van der Waals surface area contributed by atoms with Crippen LogP contribution in [0, 0.1) is 0 Å². The van der Waals surface area contributed by atoms with Crippen molar-refractivity contribution in [2.45, 2.75) is 39.2 Å². The van der Waals surface area contributed by atoms with Crippen LogP contribution in [0.2, 0.25) is 0 Å². The zero-order chi connectivity index (χ0) is 11.8. The number of hydrogen-bond acceptors (Lipinski definition) is 5. The van der Waals surface area contributed by atoms with Gasteiger partial charge in [0.1, 0.15) is 10.0 Å². The largest absolute Gasteiger partial charge is 0.382 e. The molecule has 1 heterocycles. The van der Waals surface area contributed by atoms with Crippen molar-refractivity contribution in [2.75, 3.05) is 20.3 Å². The molecule has 0 aliphatic rings. The molecule has 1 atom stereocenters. The van der Waals surface area contributed by atoms with Crippen LogP contribution in [0.1, 0.15) is 42.7 Å². The van der Waals surface area contributed by atoms with Crippen LogP contribution >= 0.6 is 11.3 Å². The monoisotopic (exact) mass is 243 g/mol. The molecule has 1 aromatic heterocycles. The maximum atomic E-state index is 5.30. The first-order chi connectivity index (χ1) is 7.81. The van der Waals surface area contributed by atoms with Crippen LogP contribution in [0.3, 0.4) is 0 Å². The van der Waals surface area contributed by atoms with Crippen molar-refractivity contribution in [1.29, 1.82) is 0 Å². The summed E-state index contributed by atoms with van der Waals surface area (Å²) in [7, 11) is 1.96. The fourth-order valence-corrected chi connectivity index (χ4v) is 2.56. The second kappa shape index (κ2) is 7.70. The SMILES string of the molecule is CCOCCCc1nnc(C(CC)NC)s1. The highest BCUT2D eigenvalue weighted by Crippen LogP contribution is 2.20. The molecule has 0 amide bonds. The van der Waals surface area contributed by atoms with Crippen molar-refractivity contribution in [1.82, 2.24) is 15.5 Å². The molecule has 1 rings (SSSR count). The molecule has 16 heavy (non-hydrogen) atoms. The van der Waals surface area contributed by atoms with E-state index in [1.54, 1.807) is 11.3 Å². The number of aryl methyl sites for hydroxylation is 1. The van der Waals surface area contributed by atoms with Gasteiger partial charge in [0.15, 0.2) is 0 Å². The normalized spacial score (nSPS) is 12.9. The van der Waals surface area contributed by atoms with E-state index in [9.17, 15) is 0 Å². The molecular formula is C11H21N3OS. The fraction of sp³-hybridized carbons (Fsp3) is 0.818. The van der Waals surface area contributed by atoms with E-state index in [2.05, 4.69) is 22.4 Å². The van der Waals surface area contributed by atoms with Gasteiger partial charge in [-0.3, -0.25) is 0 Å². The van der Waals surface area contributed by atoms with Gasteiger partial charge in [0, 0.05) is 19.6 Å². The van der Waals surface area contributed by atoms with Crippen molar-refractivity contribution in [2.24, 2.45) is 0 Å². The number of rotatable bonds is 8. The lowest BCUT2D eigenvalue weighted by atomic mass is 10.2. The fourth-order valence-electron chi connectivity index (χ4n) is 1.48. The summed E-state index contributed by atoms with van der Waals surface area (Å²) >= 11 is 1.71. The topological polar surface area (TPSA) is 47.0 Å². The van der Waals surface area contributed by atoms with E-state index in [4.69, 9.17) is 4.74 Å². The molecule has 0 spiro atoms. The third-order valence-corrected chi connectivity index (χ3v) is 3.52. The second-order valence-electron chi connectivity index (χ2n) is 3.58. The lowest BCUT2D eigenvalue weighted by molar-refractivity contribution is 0.145. The minimum absolute atomic E-state index is 0.346. The van der Waals surface area contributed by atoms with Gasteiger partial charge >= 0.3 is 0 Å². The third kappa shape index (κ3) is 4.15. The first-order valence-electron chi connectivity index (χ1n) is 5.89. The molecule has 1 unspecified atom stereocenters. The Morgan fingerprint density at radius 1 is 1.38 bits per heavy atom. The van der Waals surface area contributed by atoms with Crippen molar-refractivity contribution >= 4 is 11.3 Å². The van der Waals surface area contributed by atoms with E-state index in [1.165, 1.54) is 0 Å². The first kappa shape index (κ1) is 13.5. The Bertz CT molecular complexity index is 287. The van der Waals surface area contributed by atoms with E-state index < -0.39 is 0 Å². The highest BCUT2D eigenvalue weighted by molar-refractivity contribution is 7.11. The summed E-state index contributed by atoms with van der Waals surface area (Å²) in [5, 5.41) is 13.9. The van der Waals surface area contributed by atoms with Gasteiger partial charge in [-0.25, -0.2) is 0 Å². The zero-order valence-electron chi connectivity index (χ0n) is 10.3. The van der Waals surface area contributed by atoms with Gasteiger partial charge in [0.25, 0.3) is 0 Å². The Morgan fingerprint density at radius 3 is 2.81 bits per heavy atom. The minimum atomic E-state index is 0.346. The Kier molecular flexibility index (Phi) is 6.52. The molecule has 0 fully saturated rings. The molecule has 0 bridgehead atoms. The highest BCUT2D eigenvalue weighted by Gasteiger charge is 2.12. The lowest BCUT2D eigenvalue weighted by Crippen LogP contribution is -2.14. The molecule has 0 aliphatic heterocycles. The Labute approximate surface area is 101 Å². The molecule has 0 radical (unpaired) electrons. The van der Waals surface area contributed by atoms with E-state index in [0.717, 1.165) is 42.5 Å². The summed E-state index contributed by atoms with van der Waals surface area (Å²) in [4.78, 5) is 0. The first-order valence-corrected chi connectivity index (χ1v) is 6.70. The van der Waals surface area contributed by atoms with Gasteiger partial charge in [-0.1, -0.05) is 18.3 Å². The number of nitrogens with zero attached hydrogens (tertiary/aromatic N) is 2. The Hall–Kier alpha value is -0.520. The lowest BCUT2D eigenvalue weighted by Gasteiger charge is -2.07. The Morgan fingerprint density at radius 2 is 2.19 bits per heavy atom. The van der Waals surface area contributed by atoms with Crippen LogP contribution in [0.25, 0.3) is 0 Å². The van der Waals surface area contributed by atoms with Crippen molar-refractivity contribution in [3.8, 4) is 0 Å². The highest BCUT2D eigenvalue weighted by atomic mass is 32.1. The molecule has 92 valence electrons. The third-order valence-electron chi connectivity index (χ3n) is 2.42. The van der Waals surface area contributed by atoms with Crippen LogP contribution in [-0.2, 0) is 11.2 Å². The zero-order valence-corrected chi connectivity index (χ0v) is 11.1. The van der Waals surface area contributed by atoms with E-state index in [0.29, 0.717) is 6.04 Å². The van der Waals surface area contributed by atoms with Gasteiger partial charge in [0.05, 0.1) is 6.04 Å². The van der Waals surface area contributed by atoms with Crippen LogP contribution in [0.4, 0.5) is 0 Å². The smallest absolute Gasteiger partial charge is 0.134 e. The number of nitrogens with one attached hydrogen (secondary N) is 1. The molecule has 0 aromatic carbocycles. The number of aromatic nitrogens is 2. The summed E-state index contributed by atoms with van der Waals surface area (Å²) < 4.78 is 5.30. The predicted octanol–water partition coefficient (Wildman–Crippen LogP) is 2.18. The minimum Gasteiger partial charge on any atom is -0.382 e. The van der Waals surface area contributed by atoms with Crippen LogP contribution < -0.4 is 5.32 Å². The standard InChI is InChI=1S/C11H21N3OS/c1-4-9(12-3)11-14-13-10(16-11)7-6-8-15-5-2/h9,12H,4-8H2,1-3H3. The number of hydrogen-bond donors (Lipinski definition) is 1. The summed E-state index contributed by atoms with van der Waals surface area (Å²) in [6.07, 6.45) is 3.04. The Balaban J connectivity index is 2.38. The quantitative estimate of drug-likeness (QED) is 0.711. The van der Waals surface area contributed by atoms with Crippen LogP contribution in [0.15, 0.2) is 0 Å². The molecule has 5 heteroatoms. The summed E-state index contributed by atoms with van der Waals surface area (Å²) in [6.45, 7) is 5.77. The van der Waals surface area contributed by atoms with Crippen molar-refractivity contribution in [3.63, 3.8) is 0 Å². The molecule has 0 saturated heterocycles. The summed E-state index contributed by atoms with van der Waals surface area (Å²) in [5.41, 5.74) is 0. The molecule has 0 saturated carbocycles. The van der Waals surface area contributed by atoms with E-state index >= 15 is 0 Å². The van der Waals surface area contributed by atoms with Crippen molar-refractivity contribution in [3.05, 3.63) is 10.0 Å². The average molecular weight is 243 g/mol. The average Bonchev–Trinajstić information content (AvgIpc) is 2.75. The van der Waals surface area contributed by atoms with Gasteiger partial charge < -0.3 is 10.1 Å². The summed E-state index contributed by atoms with van der Waals surface area (Å²) in [6, 6.07) is 0.346. The molecule has 0 aliphatic carbocycles. The van der Waals surface area contributed by atoms with E-state index in [1.807, 2.05) is 14.0 Å². The summed E-state index contributed by atoms with van der Waals surface area (Å²) in [5.74, 6) is 0. The molecular weight excluding hydrogens is 222 g/mol. The van der Waals surface area contributed by atoms with Crippen molar-refractivity contribution < 1.29 is 4.74 Å². The van der Waals surface area contributed by atoms with Crippen LogP contribution in [-0.4, -0.2) is 30.5 Å². The van der Waals surface area contributed by atoms with E-state index in [-0.39, 0.29) is 0 Å². The maximum absolute atomic E-state index is 5.30. The van der Waals surface area contributed by atoms with Crippen LogP contribution in [0.5, 0.6) is 0 Å². The molecule has 1 aromatic rings.